The Morgan fingerprint density at radius 2 is 1.92 bits per heavy atom. The zero-order valence-corrected chi connectivity index (χ0v) is 14.4. The highest BCUT2D eigenvalue weighted by Crippen LogP contribution is 2.31. The van der Waals surface area contributed by atoms with E-state index in [9.17, 15) is 8.60 Å². The molecule has 6 heteroatoms. The van der Waals surface area contributed by atoms with E-state index in [2.05, 4.69) is 9.55 Å². The maximum atomic E-state index is 13.8. The number of halogens is 1. The molecule has 0 N–H and O–H groups in total. The lowest BCUT2D eigenvalue weighted by atomic mass is 10.0. The highest BCUT2D eigenvalue weighted by atomic mass is 32.2. The van der Waals surface area contributed by atoms with Crippen molar-refractivity contribution in [2.24, 2.45) is 4.40 Å². The number of benzene rings is 2. The third kappa shape index (κ3) is 3.14. The van der Waals surface area contributed by atoms with Gasteiger partial charge in [0.1, 0.15) is 16.7 Å². The number of hydrogen-bond acceptors (Lipinski definition) is 3. The summed E-state index contributed by atoms with van der Waals surface area (Å²) in [7, 11) is -1.36. The molecule has 0 fully saturated rings. The van der Waals surface area contributed by atoms with E-state index in [1.165, 1.54) is 6.07 Å². The Balaban J connectivity index is 2.08. The predicted octanol–water partition coefficient (Wildman–Crippen LogP) is 4.52. The summed E-state index contributed by atoms with van der Waals surface area (Å²) in [6.07, 6.45) is 1.57. The molecule has 24 heavy (non-hydrogen) atoms. The molecule has 3 aromatic rings. The van der Waals surface area contributed by atoms with Gasteiger partial charge in [-0.2, -0.15) is 4.40 Å². The van der Waals surface area contributed by atoms with Crippen LogP contribution in [-0.2, 0) is 11.0 Å². The van der Waals surface area contributed by atoms with Crippen LogP contribution >= 0.6 is 0 Å². The van der Waals surface area contributed by atoms with Crippen LogP contribution in [0.25, 0.3) is 22.2 Å². The minimum atomic E-state index is -1.36. The second-order valence-corrected chi connectivity index (χ2v) is 8.26. The number of hydrogen-bond donors (Lipinski definition) is 0. The van der Waals surface area contributed by atoms with Crippen molar-refractivity contribution in [3.63, 3.8) is 0 Å². The maximum Gasteiger partial charge on any atom is 0.203 e. The van der Waals surface area contributed by atoms with Gasteiger partial charge in [-0.25, -0.2) is 8.60 Å². The van der Waals surface area contributed by atoms with Gasteiger partial charge in [0.15, 0.2) is 5.82 Å². The Morgan fingerprint density at radius 1 is 1.17 bits per heavy atom. The summed E-state index contributed by atoms with van der Waals surface area (Å²) in [5.41, 5.74) is 2.15. The van der Waals surface area contributed by atoms with Crippen molar-refractivity contribution in [2.75, 3.05) is 0 Å². The fourth-order valence-corrected chi connectivity index (χ4v) is 2.74. The molecule has 1 aromatic heterocycles. The first-order valence-electron chi connectivity index (χ1n) is 7.47. The molecule has 0 unspecified atom stereocenters. The lowest BCUT2D eigenvalue weighted by Crippen LogP contribution is -2.19. The lowest BCUT2D eigenvalue weighted by Gasteiger charge is -2.12. The molecular formula is C18H17FN2O2S. The third-order valence-electron chi connectivity index (χ3n) is 3.48. The molecular weight excluding hydrogens is 327 g/mol. The van der Waals surface area contributed by atoms with E-state index in [1.54, 1.807) is 18.3 Å². The van der Waals surface area contributed by atoms with Gasteiger partial charge in [-0.05, 0) is 32.9 Å². The Kier molecular flexibility index (Phi) is 4.32. The molecule has 1 atom stereocenters. The summed E-state index contributed by atoms with van der Waals surface area (Å²) in [6.45, 7) is 5.58. The van der Waals surface area contributed by atoms with Gasteiger partial charge in [-0.15, -0.1) is 0 Å². The lowest BCUT2D eigenvalue weighted by molar-refractivity contribution is 0.443. The van der Waals surface area contributed by atoms with Crippen LogP contribution in [0.1, 0.15) is 26.3 Å². The number of fused-ring (bicyclic) bond motifs is 1. The number of nitrogens with zero attached hydrogens (tertiary/aromatic N) is 2. The quantitative estimate of drug-likeness (QED) is 0.657. The van der Waals surface area contributed by atoms with Crippen LogP contribution in [0, 0.1) is 5.82 Å². The van der Waals surface area contributed by atoms with E-state index < -0.39 is 21.5 Å². The molecule has 0 spiro atoms. The summed E-state index contributed by atoms with van der Waals surface area (Å²) >= 11 is 0. The maximum absolute atomic E-state index is 13.8. The Bertz CT molecular complexity index is 942. The molecule has 1 heterocycles. The van der Waals surface area contributed by atoms with Crippen molar-refractivity contribution in [3.8, 4) is 11.3 Å². The zero-order chi connectivity index (χ0) is 17.3. The highest BCUT2D eigenvalue weighted by Gasteiger charge is 2.19. The van der Waals surface area contributed by atoms with Gasteiger partial charge in [0.05, 0.1) is 10.1 Å². The van der Waals surface area contributed by atoms with Crippen molar-refractivity contribution < 1.29 is 13.1 Å². The van der Waals surface area contributed by atoms with Crippen LogP contribution in [0.15, 0.2) is 51.4 Å². The van der Waals surface area contributed by atoms with Crippen LogP contribution in [-0.4, -0.2) is 20.3 Å². The van der Waals surface area contributed by atoms with E-state index in [0.29, 0.717) is 11.1 Å². The van der Waals surface area contributed by atoms with Crippen molar-refractivity contribution in [1.82, 2.24) is 5.16 Å². The first-order chi connectivity index (χ1) is 11.4. The van der Waals surface area contributed by atoms with Gasteiger partial charge in [0.25, 0.3) is 0 Å². The average Bonchev–Trinajstić information content (AvgIpc) is 2.97. The SMILES string of the molecule is CC(C)(C)[S@](=O)N=Cc1ccccc1-c1noc2c(F)cccc12. The van der Waals surface area contributed by atoms with Crippen LogP contribution in [0.4, 0.5) is 4.39 Å². The molecule has 0 aliphatic heterocycles. The normalized spacial score (nSPS) is 13.7. The first-order valence-corrected chi connectivity index (χ1v) is 8.58. The summed E-state index contributed by atoms with van der Waals surface area (Å²) in [5.74, 6) is -0.453. The molecule has 2 aromatic carbocycles. The fraction of sp³-hybridized carbons (Fsp3) is 0.222. The predicted molar refractivity (Wildman–Crippen MR) is 94.9 cm³/mol. The molecule has 0 radical (unpaired) electrons. The van der Waals surface area contributed by atoms with E-state index in [1.807, 2.05) is 45.0 Å². The summed E-state index contributed by atoms with van der Waals surface area (Å²) in [6, 6.07) is 12.1. The number of aromatic nitrogens is 1. The smallest absolute Gasteiger partial charge is 0.203 e. The second kappa shape index (κ2) is 6.28. The second-order valence-electron chi connectivity index (χ2n) is 6.33. The zero-order valence-electron chi connectivity index (χ0n) is 13.6. The molecule has 0 aliphatic rings. The van der Waals surface area contributed by atoms with Crippen LogP contribution < -0.4 is 0 Å². The highest BCUT2D eigenvalue weighted by molar-refractivity contribution is 7.85. The Labute approximate surface area is 142 Å². The Hall–Kier alpha value is -2.34. The van der Waals surface area contributed by atoms with E-state index in [-0.39, 0.29) is 5.58 Å². The number of rotatable bonds is 3. The van der Waals surface area contributed by atoms with Crippen molar-refractivity contribution >= 4 is 28.2 Å². The van der Waals surface area contributed by atoms with Gasteiger partial charge < -0.3 is 4.52 Å². The summed E-state index contributed by atoms with van der Waals surface area (Å²) in [4.78, 5) is 0. The summed E-state index contributed by atoms with van der Waals surface area (Å²) < 4.78 is 34.8. The third-order valence-corrected chi connectivity index (χ3v) is 4.82. The molecule has 0 aliphatic carbocycles. The molecule has 0 bridgehead atoms. The fourth-order valence-electron chi connectivity index (χ4n) is 2.21. The summed E-state index contributed by atoms with van der Waals surface area (Å²) in [5, 5.41) is 4.60. The van der Waals surface area contributed by atoms with Gasteiger partial charge >= 0.3 is 0 Å². The van der Waals surface area contributed by atoms with Crippen molar-refractivity contribution in [2.45, 2.75) is 25.5 Å². The molecule has 3 rings (SSSR count). The monoisotopic (exact) mass is 344 g/mol. The largest absolute Gasteiger partial charge is 0.352 e. The van der Waals surface area contributed by atoms with E-state index >= 15 is 0 Å². The van der Waals surface area contributed by atoms with Crippen molar-refractivity contribution in [3.05, 3.63) is 53.8 Å². The van der Waals surface area contributed by atoms with Crippen LogP contribution in [0.3, 0.4) is 0 Å². The van der Waals surface area contributed by atoms with Gasteiger partial charge in [0.2, 0.25) is 5.58 Å². The van der Waals surface area contributed by atoms with Crippen LogP contribution in [0.5, 0.6) is 0 Å². The van der Waals surface area contributed by atoms with Gasteiger partial charge in [0, 0.05) is 17.3 Å². The van der Waals surface area contributed by atoms with E-state index in [4.69, 9.17) is 4.52 Å². The molecule has 4 nitrogen and oxygen atoms in total. The van der Waals surface area contributed by atoms with E-state index in [0.717, 1.165) is 11.1 Å². The molecule has 0 saturated heterocycles. The van der Waals surface area contributed by atoms with Gasteiger partial charge in [-0.3, -0.25) is 0 Å². The van der Waals surface area contributed by atoms with Crippen molar-refractivity contribution in [1.29, 1.82) is 0 Å². The number of para-hydroxylation sites is 1. The Morgan fingerprint density at radius 3 is 2.67 bits per heavy atom. The first kappa shape index (κ1) is 16.5. The topological polar surface area (TPSA) is 55.5 Å². The minimum Gasteiger partial charge on any atom is -0.352 e. The van der Waals surface area contributed by atoms with Crippen LogP contribution in [0.2, 0.25) is 0 Å². The molecule has 0 amide bonds. The average molecular weight is 344 g/mol. The minimum absolute atomic E-state index is 0.123. The van der Waals surface area contributed by atoms with Gasteiger partial charge in [-0.1, -0.05) is 35.5 Å². The molecule has 124 valence electrons. The standard InChI is InChI=1S/C18H17FN2O2S/c1-18(2,3)24(22)20-11-12-7-4-5-8-13(12)16-14-9-6-10-15(19)17(14)23-21-16/h4-11H,1-3H3/t24-/m0/s1. The molecule has 0 saturated carbocycles.